The molecule has 1 rings (SSSR count). The lowest BCUT2D eigenvalue weighted by Crippen LogP contribution is -2.39. The van der Waals surface area contributed by atoms with Gasteiger partial charge in [0.05, 0.1) is 10.6 Å². The van der Waals surface area contributed by atoms with Crippen LogP contribution in [-0.4, -0.2) is 28.3 Å². The van der Waals surface area contributed by atoms with E-state index < -0.39 is 33.6 Å². The largest absolute Gasteiger partial charge is 0.417 e. The molecule has 4 nitrogen and oxygen atoms in total. The van der Waals surface area contributed by atoms with Crippen LogP contribution >= 0.6 is 11.6 Å². The minimum Gasteiger partial charge on any atom is -0.334 e. The SMILES string of the molecule is C[C@H](C[S@](C)=O)NC(=O)Nc1ccc(Cl)c(C(F)(F)F)c1. The Hall–Kier alpha value is -1.28. The summed E-state index contributed by atoms with van der Waals surface area (Å²) in [6.07, 6.45) is -3.11. The van der Waals surface area contributed by atoms with Gasteiger partial charge in [0.25, 0.3) is 0 Å². The fraction of sp³-hybridized carbons (Fsp3) is 0.417. The first kappa shape index (κ1) is 17.8. The lowest BCUT2D eigenvalue weighted by Gasteiger charge is -2.15. The molecule has 9 heteroatoms. The molecule has 0 saturated heterocycles. The minimum atomic E-state index is -4.60. The summed E-state index contributed by atoms with van der Waals surface area (Å²) in [7, 11) is -1.09. The number of amides is 2. The smallest absolute Gasteiger partial charge is 0.334 e. The molecule has 0 saturated carbocycles. The maximum Gasteiger partial charge on any atom is 0.417 e. The third-order valence-electron chi connectivity index (χ3n) is 2.39. The molecule has 0 bridgehead atoms. The summed E-state index contributed by atoms with van der Waals surface area (Å²) < 4.78 is 49.0. The zero-order valence-corrected chi connectivity index (χ0v) is 12.8. The zero-order valence-electron chi connectivity index (χ0n) is 11.3. The van der Waals surface area contributed by atoms with Crippen molar-refractivity contribution in [2.24, 2.45) is 0 Å². The predicted molar refractivity (Wildman–Crippen MR) is 77.0 cm³/mol. The number of carbonyl (C=O) groups is 1. The molecule has 1 aromatic carbocycles. The summed E-state index contributed by atoms with van der Waals surface area (Å²) in [6, 6.07) is 2.03. The Morgan fingerprint density at radius 3 is 2.57 bits per heavy atom. The number of hydrogen-bond acceptors (Lipinski definition) is 2. The highest BCUT2D eigenvalue weighted by Gasteiger charge is 2.33. The average Bonchev–Trinajstić information content (AvgIpc) is 2.28. The van der Waals surface area contributed by atoms with Gasteiger partial charge in [0, 0.05) is 34.5 Å². The van der Waals surface area contributed by atoms with Gasteiger partial charge in [-0.3, -0.25) is 4.21 Å². The van der Waals surface area contributed by atoms with Crippen LogP contribution in [0, 0.1) is 0 Å². The van der Waals surface area contributed by atoms with E-state index in [2.05, 4.69) is 10.6 Å². The van der Waals surface area contributed by atoms with Gasteiger partial charge in [0.15, 0.2) is 0 Å². The maximum atomic E-state index is 12.7. The standard InChI is InChI=1S/C12H14ClF3N2O2S/c1-7(6-21(2)20)17-11(19)18-8-3-4-10(13)9(5-8)12(14,15)16/h3-5,7H,6H2,1-2H3,(H2,17,18,19)/t7-,21+/m1/s1. The van der Waals surface area contributed by atoms with E-state index in [0.717, 1.165) is 12.1 Å². The van der Waals surface area contributed by atoms with E-state index >= 15 is 0 Å². The first-order valence-electron chi connectivity index (χ1n) is 5.84. The first-order valence-corrected chi connectivity index (χ1v) is 7.94. The number of rotatable bonds is 4. The van der Waals surface area contributed by atoms with Crippen molar-refractivity contribution in [1.29, 1.82) is 0 Å². The molecule has 118 valence electrons. The highest BCUT2D eigenvalue weighted by molar-refractivity contribution is 7.84. The van der Waals surface area contributed by atoms with Gasteiger partial charge in [-0.05, 0) is 25.1 Å². The Kier molecular flexibility index (Phi) is 6.03. The van der Waals surface area contributed by atoms with Crippen LogP contribution in [0.5, 0.6) is 0 Å². The molecule has 0 aromatic heterocycles. The van der Waals surface area contributed by atoms with Gasteiger partial charge in [0.1, 0.15) is 0 Å². The molecule has 0 spiro atoms. The summed E-state index contributed by atoms with van der Waals surface area (Å²) in [4.78, 5) is 11.6. The lowest BCUT2D eigenvalue weighted by molar-refractivity contribution is -0.137. The van der Waals surface area contributed by atoms with Crippen LogP contribution in [0.15, 0.2) is 18.2 Å². The number of halogens is 4. The summed E-state index contributed by atoms with van der Waals surface area (Å²) >= 11 is 5.48. The molecular weight excluding hydrogens is 329 g/mol. The molecule has 0 fully saturated rings. The molecule has 0 aliphatic heterocycles. The van der Waals surface area contributed by atoms with Crippen molar-refractivity contribution in [1.82, 2.24) is 5.32 Å². The number of nitrogens with one attached hydrogen (secondary N) is 2. The molecule has 0 heterocycles. The molecule has 0 aliphatic carbocycles. The Labute approximate surface area is 127 Å². The van der Waals surface area contributed by atoms with Crippen molar-refractivity contribution in [2.75, 3.05) is 17.3 Å². The topological polar surface area (TPSA) is 58.2 Å². The predicted octanol–water partition coefficient (Wildman–Crippen LogP) is 3.25. The van der Waals surface area contributed by atoms with Crippen molar-refractivity contribution in [2.45, 2.75) is 19.1 Å². The molecule has 2 amide bonds. The van der Waals surface area contributed by atoms with Gasteiger partial charge in [-0.2, -0.15) is 13.2 Å². The van der Waals surface area contributed by atoms with Gasteiger partial charge in [0.2, 0.25) is 0 Å². The zero-order chi connectivity index (χ0) is 16.2. The number of anilines is 1. The fourth-order valence-corrected chi connectivity index (χ4v) is 2.62. The maximum absolute atomic E-state index is 12.7. The van der Waals surface area contributed by atoms with E-state index in [4.69, 9.17) is 11.6 Å². The van der Waals surface area contributed by atoms with Crippen molar-refractivity contribution in [3.05, 3.63) is 28.8 Å². The van der Waals surface area contributed by atoms with Crippen molar-refractivity contribution < 1.29 is 22.2 Å². The Bertz CT molecular complexity index is 552. The minimum absolute atomic E-state index is 0.0333. The second kappa shape index (κ2) is 7.13. The van der Waals surface area contributed by atoms with Gasteiger partial charge in [-0.15, -0.1) is 0 Å². The molecule has 0 unspecified atom stereocenters. The molecular formula is C12H14ClF3N2O2S. The second-order valence-electron chi connectivity index (χ2n) is 4.43. The van der Waals surface area contributed by atoms with Crippen LogP contribution < -0.4 is 10.6 Å². The number of alkyl halides is 3. The summed E-state index contributed by atoms with van der Waals surface area (Å²) in [5.41, 5.74) is -1.06. The van der Waals surface area contributed by atoms with E-state index in [0.29, 0.717) is 0 Å². The summed E-state index contributed by atoms with van der Waals surface area (Å²) in [6.45, 7) is 1.64. The molecule has 1 aromatic rings. The van der Waals surface area contributed by atoms with Gasteiger partial charge in [-0.25, -0.2) is 4.79 Å². The Morgan fingerprint density at radius 2 is 2.05 bits per heavy atom. The van der Waals surface area contributed by atoms with Crippen molar-refractivity contribution >= 4 is 34.1 Å². The fourth-order valence-electron chi connectivity index (χ4n) is 1.60. The number of carbonyl (C=O) groups excluding carboxylic acids is 1. The second-order valence-corrected chi connectivity index (χ2v) is 6.32. The van der Waals surface area contributed by atoms with Crippen LogP contribution in [0.2, 0.25) is 5.02 Å². The number of hydrogen-bond donors (Lipinski definition) is 2. The van der Waals surface area contributed by atoms with E-state index in [1.807, 2.05) is 0 Å². The molecule has 2 N–H and O–H groups in total. The van der Waals surface area contributed by atoms with Gasteiger partial charge >= 0.3 is 12.2 Å². The molecule has 0 aliphatic rings. The third kappa shape index (κ3) is 5.92. The monoisotopic (exact) mass is 342 g/mol. The van der Waals surface area contributed by atoms with Gasteiger partial charge in [-0.1, -0.05) is 11.6 Å². The van der Waals surface area contributed by atoms with Crippen LogP contribution in [0.25, 0.3) is 0 Å². The molecule has 2 atom stereocenters. The third-order valence-corrected chi connectivity index (χ3v) is 3.69. The first-order chi connectivity index (χ1) is 9.59. The van der Waals surface area contributed by atoms with E-state index in [1.54, 1.807) is 6.92 Å². The highest BCUT2D eigenvalue weighted by Crippen LogP contribution is 2.36. The normalized spacial score (nSPS) is 14.4. The Balaban J connectivity index is 2.75. The number of urea groups is 1. The highest BCUT2D eigenvalue weighted by atomic mass is 35.5. The quantitative estimate of drug-likeness (QED) is 0.882. The van der Waals surface area contributed by atoms with E-state index in [1.165, 1.54) is 12.3 Å². The van der Waals surface area contributed by atoms with Crippen molar-refractivity contribution in [3.63, 3.8) is 0 Å². The molecule has 21 heavy (non-hydrogen) atoms. The molecule has 0 radical (unpaired) electrons. The summed E-state index contributed by atoms with van der Waals surface area (Å²) in [5, 5.41) is 4.31. The van der Waals surface area contributed by atoms with Crippen LogP contribution in [0.3, 0.4) is 0 Å². The van der Waals surface area contributed by atoms with Crippen LogP contribution in [0.1, 0.15) is 12.5 Å². The van der Waals surface area contributed by atoms with Crippen LogP contribution in [0.4, 0.5) is 23.7 Å². The number of benzene rings is 1. The van der Waals surface area contributed by atoms with E-state index in [9.17, 15) is 22.2 Å². The van der Waals surface area contributed by atoms with Crippen molar-refractivity contribution in [3.8, 4) is 0 Å². The lowest BCUT2D eigenvalue weighted by atomic mass is 10.2. The van der Waals surface area contributed by atoms with Crippen LogP contribution in [-0.2, 0) is 17.0 Å². The van der Waals surface area contributed by atoms with E-state index in [-0.39, 0.29) is 17.5 Å². The Morgan fingerprint density at radius 1 is 1.43 bits per heavy atom. The summed E-state index contributed by atoms with van der Waals surface area (Å²) in [5.74, 6) is 0.252. The average molecular weight is 343 g/mol. The van der Waals surface area contributed by atoms with Gasteiger partial charge < -0.3 is 10.6 Å².